The van der Waals surface area contributed by atoms with Gasteiger partial charge >= 0.3 is 0 Å². The van der Waals surface area contributed by atoms with Crippen molar-refractivity contribution in [2.75, 3.05) is 56.1 Å². The van der Waals surface area contributed by atoms with E-state index in [0.717, 1.165) is 63.5 Å². The van der Waals surface area contributed by atoms with Crippen LogP contribution >= 0.6 is 0 Å². The molecular weight excluding hydrogens is 410 g/mol. The number of likely N-dealkylation sites (N-methyl/N-ethyl adjacent to an activating group) is 1. The maximum absolute atomic E-state index is 13.2. The fraction of sp³-hybridized carbons (Fsp3) is 0.480. The molecule has 0 N–H and O–H groups in total. The first-order chi connectivity index (χ1) is 15.4. The molecule has 2 aliphatic rings. The fourth-order valence-electron chi connectivity index (χ4n) is 4.81. The Morgan fingerprint density at radius 3 is 1.72 bits per heavy atom. The van der Waals surface area contributed by atoms with E-state index in [9.17, 15) is 13.6 Å². The summed E-state index contributed by atoms with van der Waals surface area (Å²) in [4.78, 5) is 21.9. The number of nitrogens with zero attached hydrogens (tertiary/aromatic N) is 4. The maximum Gasteiger partial charge on any atom is 0.239 e. The van der Waals surface area contributed by atoms with Gasteiger partial charge in [-0.15, -0.1) is 0 Å². The molecule has 2 aliphatic heterocycles. The highest BCUT2D eigenvalue weighted by Crippen LogP contribution is 2.24. The van der Waals surface area contributed by atoms with E-state index in [2.05, 4.69) is 14.7 Å². The zero-order chi connectivity index (χ0) is 22.7. The van der Waals surface area contributed by atoms with Crippen LogP contribution in [0.4, 0.5) is 20.2 Å². The fourth-order valence-corrected chi connectivity index (χ4v) is 4.81. The average molecular weight is 443 g/mol. The average Bonchev–Trinajstić information content (AvgIpc) is 2.84. The lowest BCUT2D eigenvalue weighted by atomic mass is 10.0. The van der Waals surface area contributed by atoms with Crippen LogP contribution in [0.15, 0.2) is 48.5 Å². The number of benzene rings is 2. The van der Waals surface area contributed by atoms with Crippen molar-refractivity contribution < 1.29 is 13.6 Å². The number of piperidine rings is 1. The largest absolute Gasteiger partial charge is 0.371 e. The normalized spacial score (nSPS) is 19.1. The van der Waals surface area contributed by atoms with Crippen molar-refractivity contribution in [1.82, 2.24) is 9.80 Å². The van der Waals surface area contributed by atoms with Gasteiger partial charge in [-0.3, -0.25) is 9.69 Å². The van der Waals surface area contributed by atoms with Crippen LogP contribution in [-0.4, -0.2) is 74.1 Å². The Labute approximate surface area is 189 Å². The summed E-state index contributed by atoms with van der Waals surface area (Å²) in [6, 6.07) is 13.3. The second-order valence-electron chi connectivity index (χ2n) is 8.82. The van der Waals surface area contributed by atoms with Crippen molar-refractivity contribution in [2.24, 2.45) is 0 Å². The monoisotopic (exact) mass is 442 g/mol. The molecular formula is C25H32F2N4O. The molecule has 1 amide bonds. The Bertz CT molecular complexity index is 816. The van der Waals surface area contributed by atoms with Gasteiger partial charge in [0, 0.05) is 63.7 Å². The molecule has 4 rings (SSSR count). The van der Waals surface area contributed by atoms with Gasteiger partial charge in [-0.2, -0.15) is 0 Å². The summed E-state index contributed by atoms with van der Waals surface area (Å²) in [7, 11) is 1.92. The quantitative estimate of drug-likeness (QED) is 0.708. The van der Waals surface area contributed by atoms with Crippen LogP contribution in [-0.2, 0) is 4.79 Å². The lowest BCUT2D eigenvalue weighted by Gasteiger charge is -2.42. The van der Waals surface area contributed by atoms with Crippen molar-refractivity contribution >= 4 is 17.3 Å². The number of anilines is 2. The van der Waals surface area contributed by atoms with Gasteiger partial charge in [-0.25, -0.2) is 8.78 Å². The van der Waals surface area contributed by atoms with E-state index in [1.807, 2.05) is 43.1 Å². The van der Waals surface area contributed by atoms with Crippen LogP contribution in [0.25, 0.3) is 0 Å². The Balaban J connectivity index is 1.26. The molecule has 0 radical (unpaired) electrons. The Morgan fingerprint density at radius 1 is 0.812 bits per heavy atom. The van der Waals surface area contributed by atoms with E-state index in [-0.39, 0.29) is 29.6 Å². The van der Waals surface area contributed by atoms with Gasteiger partial charge in [0.25, 0.3) is 0 Å². The van der Waals surface area contributed by atoms with Gasteiger partial charge in [0.2, 0.25) is 5.91 Å². The highest BCUT2D eigenvalue weighted by atomic mass is 19.1. The molecule has 2 saturated heterocycles. The van der Waals surface area contributed by atoms with Crippen molar-refractivity contribution in [3.8, 4) is 0 Å². The third kappa shape index (κ3) is 5.04. The number of halogens is 2. The number of carbonyl (C=O) groups excluding carboxylic acids is 1. The molecule has 172 valence electrons. The lowest BCUT2D eigenvalue weighted by Crippen LogP contribution is -2.56. The molecule has 2 aromatic carbocycles. The number of piperazine rings is 1. The van der Waals surface area contributed by atoms with Gasteiger partial charge in [0.05, 0.1) is 6.04 Å². The van der Waals surface area contributed by atoms with Gasteiger partial charge in [-0.1, -0.05) is 0 Å². The van der Waals surface area contributed by atoms with E-state index < -0.39 is 0 Å². The van der Waals surface area contributed by atoms with Gasteiger partial charge in [0.1, 0.15) is 11.6 Å². The number of hydrogen-bond donors (Lipinski definition) is 0. The second-order valence-corrected chi connectivity index (χ2v) is 8.82. The van der Waals surface area contributed by atoms with E-state index in [0.29, 0.717) is 0 Å². The first-order valence-electron chi connectivity index (χ1n) is 11.4. The van der Waals surface area contributed by atoms with Crippen molar-refractivity contribution in [3.63, 3.8) is 0 Å². The van der Waals surface area contributed by atoms with Crippen LogP contribution in [0, 0.1) is 11.6 Å². The van der Waals surface area contributed by atoms with Gasteiger partial charge < -0.3 is 14.7 Å². The minimum absolute atomic E-state index is 0.162. The number of carbonyl (C=O) groups is 1. The first kappa shape index (κ1) is 22.5. The van der Waals surface area contributed by atoms with Crippen LogP contribution in [0.2, 0.25) is 0 Å². The van der Waals surface area contributed by atoms with Gasteiger partial charge in [-0.05, 0) is 68.3 Å². The summed E-state index contributed by atoms with van der Waals surface area (Å²) >= 11 is 0. The molecule has 0 bridgehead atoms. The molecule has 5 nitrogen and oxygen atoms in total. The Kier molecular flexibility index (Phi) is 6.94. The number of hydrogen-bond acceptors (Lipinski definition) is 4. The summed E-state index contributed by atoms with van der Waals surface area (Å²) < 4.78 is 26.4. The lowest BCUT2D eigenvalue weighted by molar-refractivity contribution is -0.137. The molecule has 0 aromatic heterocycles. The minimum atomic E-state index is -0.224. The predicted molar refractivity (Wildman–Crippen MR) is 124 cm³/mol. The standard InChI is InChI=1S/C25H32F2N4O/c1-19(29-15-17-31(18-16-29)24-9-5-21(27)6-10-24)25(32)28(2)22-11-13-30(14-12-22)23-7-3-20(26)4-8-23/h3-10,19,22H,11-18H2,1-2H3. The zero-order valence-electron chi connectivity index (χ0n) is 18.9. The van der Waals surface area contributed by atoms with Gasteiger partial charge in [0.15, 0.2) is 0 Å². The highest BCUT2D eigenvalue weighted by molar-refractivity contribution is 5.81. The predicted octanol–water partition coefficient (Wildman–Crippen LogP) is 3.60. The topological polar surface area (TPSA) is 30.0 Å². The van der Waals surface area contributed by atoms with Crippen LogP contribution in [0.1, 0.15) is 19.8 Å². The summed E-state index contributed by atoms with van der Waals surface area (Å²) in [5.74, 6) is -0.278. The molecule has 1 unspecified atom stereocenters. The molecule has 2 heterocycles. The van der Waals surface area contributed by atoms with Crippen molar-refractivity contribution in [1.29, 1.82) is 0 Å². The minimum Gasteiger partial charge on any atom is -0.371 e. The van der Waals surface area contributed by atoms with Crippen LogP contribution in [0.5, 0.6) is 0 Å². The highest BCUT2D eigenvalue weighted by Gasteiger charge is 2.32. The molecule has 0 spiro atoms. The summed E-state index contributed by atoms with van der Waals surface area (Å²) in [6.07, 6.45) is 1.81. The summed E-state index contributed by atoms with van der Waals surface area (Å²) in [5, 5.41) is 0. The van der Waals surface area contributed by atoms with Crippen LogP contribution < -0.4 is 9.80 Å². The van der Waals surface area contributed by atoms with E-state index >= 15 is 0 Å². The number of rotatable bonds is 5. The van der Waals surface area contributed by atoms with E-state index in [1.54, 1.807) is 0 Å². The zero-order valence-corrected chi connectivity index (χ0v) is 18.9. The molecule has 1 atom stereocenters. The summed E-state index contributed by atoms with van der Waals surface area (Å²) in [6.45, 7) is 6.98. The second kappa shape index (κ2) is 9.86. The molecule has 2 fully saturated rings. The van der Waals surface area contributed by atoms with E-state index in [4.69, 9.17) is 0 Å². The third-order valence-corrected chi connectivity index (χ3v) is 6.96. The molecule has 2 aromatic rings. The Hall–Kier alpha value is -2.67. The smallest absolute Gasteiger partial charge is 0.239 e. The Morgan fingerprint density at radius 2 is 1.25 bits per heavy atom. The number of amides is 1. The SMILES string of the molecule is CC(C(=O)N(C)C1CCN(c2ccc(F)cc2)CC1)N1CCN(c2ccc(F)cc2)CC1. The molecule has 0 aliphatic carbocycles. The molecule has 0 saturated carbocycles. The molecule has 32 heavy (non-hydrogen) atoms. The van der Waals surface area contributed by atoms with Crippen LogP contribution in [0.3, 0.4) is 0 Å². The molecule has 7 heteroatoms. The van der Waals surface area contributed by atoms with Crippen molar-refractivity contribution in [3.05, 3.63) is 60.2 Å². The van der Waals surface area contributed by atoms with E-state index in [1.165, 1.54) is 24.3 Å². The maximum atomic E-state index is 13.2. The first-order valence-corrected chi connectivity index (χ1v) is 11.4. The third-order valence-electron chi connectivity index (χ3n) is 6.96. The van der Waals surface area contributed by atoms with Crippen molar-refractivity contribution in [2.45, 2.75) is 31.8 Å². The summed E-state index contributed by atoms with van der Waals surface area (Å²) in [5.41, 5.74) is 2.06.